The average Bonchev–Trinajstić information content (AvgIpc) is 2.52. The van der Waals surface area contributed by atoms with Crippen molar-refractivity contribution in [2.24, 2.45) is 0 Å². The molecule has 0 fully saturated rings. The maximum atomic E-state index is 5.97. The first-order valence-electron chi connectivity index (χ1n) is 7.70. The summed E-state index contributed by atoms with van der Waals surface area (Å²) >= 11 is 0. The zero-order chi connectivity index (χ0) is 16.4. The molecule has 0 saturated carbocycles. The molecule has 1 atom stereocenters. The van der Waals surface area contributed by atoms with Crippen molar-refractivity contribution in [2.45, 2.75) is 39.2 Å². The second kappa shape index (κ2) is 9.26. The molecule has 1 aromatic carbocycles. The molecule has 0 heterocycles. The molecule has 1 rings (SSSR count). The Labute approximate surface area is 135 Å². The van der Waals surface area contributed by atoms with E-state index >= 15 is 0 Å². The number of rotatable bonds is 9. The van der Waals surface area contributed by atoms with Crippen molar-refractivity contribution in [3.05, 3.63) is 60.2 Å². The standard InChI is InChI=1S/C20H28O2/c1-6-20(4,15-7-9-17(2)3)22-16-8-10-18-11-13-19(21-5)14-12-18/h6,8-14H,1,7,15-16H2,2-5H3/t20-/m1/s1. The first-order valence-corrected chi connectivity index (χ1v) is 7.70. The second-order valence-corrected chi connectivity index (χ2v) is 5.82. The van der Waals surface area contributed by atoms with Crippen molar-refractivity contribution in [1.82, 2.24) is 0 Å². The molecule has 0 saturated heterocycles. The van der Waals surface area contributed by atoms with E-state index < -0.39 is 0 Å². The van der Waals surface area contributed by atoms with E-state index in [0.29, 0.717) is 6.61 Å². The molecule has 1 aromatic rings. The van der Waals surface area contributed by atoms with E-state index in [-0.39, 0.29) is 5.60 Å². The lowest BCUT2D eigenvalue weighted by molar-refractivity contribution is 0.0183. The van der Waals surface area contributed by atoms with Crippen molar-refractivity contribution in [3.8, 4) is 5.75 Å². The summed E-state index contributed by atoms with van der Waals surface area (Å²) in [7, 11) is 1.67. The maximum absolute atomic E-state index is 5.97. The molecule has 0 aromatic heterocycles. The molecular formula is C20H28O2. The summed E-state index contributed by atoms with van der Waals surface area (Å²) in [6, 6.07) is 7.95. The van der Waals surface area contributed by atoms with Gasteiger partial charge in [-0.25, -0.2) is 0 Å². The lowest BCUT2D eigenvalue weighted by Crippen LogP contribution is -2.25. The van der Waals surface area contributed by atoms with Crippen LogP contribution in [0.1, 0.15) is 39.2 Å². The summed E-state index contributed by atoms with van der Waals surface area (Å²) < 4.78 is 11.1. The van der Waals surface area contributed by atoms with Crippen LogP contribution in [0.5, 0.6) is 5.75 Å². The van der Waals surface area contributed by atoms with Gasteiger partial charge in [0.05, 0.1) is 19.3 Å². The van der Waals surface area contributed by atoms with E-state index in [1.807, 2.05) is 36.4 Å². The molecule has 0 amide bonds. The largest absolute Gasteiger partial charge is 0.497 e. The average molecular weight is 300 g/mol. The number of hydrogen-bond acceptors (Lipinski definition) is 2. The number of benzene rings is 1. The molecule has 0 aliphatic carbocycles. The molecule has 2 nitrogen and oxygen atoms in total. The van der Waals surface area contributed by atoms with Crippen LogP contribution in [0.2, 0.25) is 0 Å². The normalized spacial score (nSPS) is 13.6. The Morgan fingerprint density at radius 2 is 1.91 bits per heavy atom. The first-order chi connectivity index (χ1) is 10.5. The monoisotopic (exact) mass is 300 g/mol. The minimum Gasteiger partial charge on any atom is -0.497 e. The highest BCUT2D eigenvalue weighted by atomic mass is 16.5. The van der Waals surface area contributed by atoms with Gasteiger partial charge in [0.2, 0.25) is 0 Å². The van der Waals surface area contributed by atoms with Crippen LogP contribution in [0.3, 0.4) is 0 Å². The van der Waals surface area contributed by atoms with E-state index in [1.165, 1.54) is 5.57 Å². The third kappa shape index (κ3) is 6.77. The van der Waals surface area contributed by atoms with E-state index in [9.17, 15) is 0 Å². The number of ether oxygens (including phenoxy) is 2. The molecule has 2 heteroatoms. The van der Waals surface area contributed by atoms with E-state index in [1.54, 1.807) is 7.11 Å². The van der Waals surface area contributed by atoms with Gasteiger partial charge in [0.15, 0.2) is 0 Å². The highest BCUT2D eigenvalue weighted by molar-refractivity contribution is 5.50. The quantitative estimate of drug-likeness (QED) is 0.567. The summed E-state index contributed by atoms with van der Waals surface area (Å²) in [6.07, 6.45) is 10.2. The Bertz CT molecular complexity index is 507. The fraction of sp³-hybridized carbons (Fsp3) is 0.400. The fourth-order valence-electron chi connectivity index (χ4n) is 2.02. The van der Waals surface area contributed by atoms with Crippen molar-refractivity contribution >= 4 is 6.08 Å². The minimum absolute atomic E-state index is 0.282. The van der Waals surface area contributed by atoms with Gasteiger partial charge in [-0.3, -0.25) is 0 Å². The van der Waals surface area contributed by atoms with Crippen LogP contribution in [0.15, 0.2) is 54.6 Å². The van der Waals surface area contributed by atoms with Gasteiger partial charge in [0.25, 0.3) is 0 Å². The van der Waals surface area contributed by atoms with Crippen molar-refractivity contribution in [1.29, 1.82) is 0 Å². The highest BCUT2D eigenvalue weighted by Gasteiger charge is 2.18. The van der Waals surface area contributed by atoms with Gasteiger partial charge in [-0.1, -0.05) is 42.0 Å². The fourth-order valence-corrected chi connectivity index (χ4v) is 2.02. The summed E-state index contributed by atoms with van der Waals surface area (Å²) in [5.41, 5.74) is 2.19. The van der Waals surface area contributed by atoms with Crippen LogP contribution in [-0.4, -0.2) is 19.3 Å². The number of methoxy groups -OCH3 is 1. The number of hydrogen-bond donors (Lipinski definition) is 0. The number of allylic oxidation sites excluding steroid dienone is 2. The highest BCUT2D eigenvalue weighted by Crippen LogP contribution is 2.20. The third-order valence-electron chi connectivity index (χ3n) is 3.56. The van der Waals surface area contributed by atoms with Gasteiger partial charge in [-0.05, 0) is 51.3 Å². The third-order valence-corrected chi connectivity index (χ3v) is 3.56. The Kier molecular flexibility index (Phi) is 7.69. The van der Waals surface area contributed by atoms with Crippen molar-refractivity contribution in [2.75, 3.05) is 13.7 Å². The summed E-state index contributed by atoms with van der Waals surface area (Å²) in [4.78, 5) is 0. The van der Waals surface area contributed by atoms with Gasteiger partial charge < -0.3 is 9.47 Å². The SMILES string of the molecule is C=C[C@](C)(CCC=C(C)C)OCC=Cc1ccc(OC)cc1. The Balaban J connectivity index is 2.46. The lowest BCUT2D eigenvalue weighted by Gasteiger charge is -2.25. The van der Waals surface area contributed by atoms with E-state index in [4.69, 9.17) is 9.47 Å². The van der Waals surface area contributed by atoms with Crippen molar-refractivity contribution in [3.63, 3.8) is 0 Å². The van der Waals surface area contributed by atoms with Crippen LogP contribution >= 0.6 is 0 Å². The van der Waals surface area contributed by atoms with Gasteiger partial charge >= 0.3 is 0 Å². The predicted octanol–water partition coefficient (Wildman–Crippen LogP) is 5.42. The second-order valence-electron chi connectivity index (χ2n) is 5.82. The summed E-state index contributed by atoms with van der Waals surface area (Å²) in [5, 5.41) is 0. The van der Waals surface area contributed by atoms with Gasteiger partial charge in [-0.2, -0.15) is 0 Å². The molecule has 0 N–H and O–H groups in total. The lowest BCUT2D eigenvalue weighted by atomic mass is 9.99. The minimum atomic E-state index is -0.282. The first kappa shape index (κ1) is 18.2. The van der Waals surface area contributed by atoms with Gasteiger partial charge in [0.1, 0.15) is 5.75 Å². The zero-order valence-corrected chi connectivity index (χ0v) is 14.3. The Morgan fingerprint density at radius 3 is 2.45 bits per heavy atom. The van der Waals surface area contributed by atoms with E-state index in [2.05, 4.69) is 39.5 Å². The molecule has 0 bridgehead atoms. The van der Waals surface area contributed by atoms with Gasteiger partial charge in [-0.15, -0.1) is 6.58 Å². The van der Waals surface area contributed by atoms with Crippen LogP contribution in [0, 0.1) is 0 Å². The maximum Gasteiger partial charge on any atom is 0.118 e. The Hall–Kier alpha value is -1.80. The van der Waals surface area contributed by atoms with Crippen LogP contribution < -0.4 is 4.74 Å². The molecule has 0 unspecified atom stereocenters. The Morgan fingerprint density at radius 1 is 1.23 bits per heavy atom. The topological polar surface area (TPSA) is 18.5 Å². The molecule has 22 heavy (non-hydrogen) atoms. The van der Waals surface area contributed by atoms with Crippen LogP contribution in [0.25, 0.3) is 6.08 Å². The van der Waals surface area contributed by atoms with E-state index in [0.717, 1.165) is 24.2 Å². The molecule has 120 valence electrons. The molecule has 0 spiro atoms. The zero-order valence-electron chi connectivity index (χ0n) is 14.3. The van der Waals surface area contributed by atoms with Gasteiger partial charge in [0, 0.05) is 0 Å². The van der Waals surface area contributed by atoms with Crippen LogP contribution in [0.4, 0.5) is 0 Å². The smallest absolute Gasteiger partial charge is 0.118 e. The molecular weight excluding hydrogens is 272 g/mol. The summed E-state index contributed by atoms with van der Waals surface area (Å²) in [6.45, 7) is 10.8. The van der Waals surface area contributed by atoms with Crippen LogP contribution in [-0.2, 0) is 4.74 Å². The predicted molar refractivity (Wildman–Crippen MR) is 95.2 cm³/mol. The van der Waals surface area contributed by atoms with Crippen molar-refractivity contribution < 1.29 is 9.47 Å². The molecule has 0 aliphatic heterocycles. The summed E-state index contributed by atoms with van der Waals surface area (Å²) in [5.74, 6) is 0.868. The molecule has 0 radical (unpaired) electrons. The molecule has 0 aliphatic rings.